The Kier molecular flexibility index (Phi) is 30.5. The van der Waals surface area contributed by atoms with E-state index in [1.807, 2.05) is 0 Å². The van der Waals surface area contributed by atoms with Crippen LogP contribution in [-0.4, -0.2) is 19.6 Å². The third-order valence-electron chi connectivity index (χ3n) is 6.49. The number of rotatable bonds is 26. The van der Waals surface area contributed by atoms with E-state index in [2.05, 4.69) is 30.2 Å². The topological polar surface area (TPSA) is 66.4 Å². The molecule has 0 aliphatic heterocycles. The van der Waals surface area contributed by atoms with Gasteiger partial charge in [-0.15, -0.1) is 0 Å². The van der Waals surface area contributed by atoms with Crippen LogP contribution in [0.3, 0.4) is 0 Å². The summed E-state index contributed by atoms with van der Waals surface area (Å²) in [6.45, 7) is 4.45. The molecule has 0 spiro atoms. The summed E-state index contributed by atoms with van der Waals surface area (Å²) < 4.78 is 36.9. The van der Waals surface area contributed by atoms with E-state index in [9.17, 15) is 13.0 Å². The summed E-state index contributed by atoms with van der Waals surface area (Å²) in [5, 5.41) is 0. The van der Waals surface area contributed by atoms with Crippen LogP contribution in [0.4, 0.5) is 0 Å². The molecular formula is C28H55NaO4S. The van der Waals surface area contributed by atoms with E-state index in [0.29, 0.717) is 0 Å². The smallest absolute Gasteiger partial charge is 0.726 e. The SMILES string of the molecule is CCCCCCCCCCCCCCCCC/C=C/C(CCCCCCC)COS(=O)(=O)[O-].[Na+]. The molecule has 0 amide bonds. The van der Waals surface area contributed by atoms with Gasteiger partial charge in [0.2, 0.25) is 10.4 Å². The largest absolute Gasteiger partial charge is 1.00 e. The van der Waals surface area contributed by atoms with E-state index in [4.69, 9.17) is 0 Å². The number of allylic oxidation sites excluding steroid dienone is 1. The van der Waals surface area contributed by atoms with E-state index in [1.54, 1.807) is 0 Å². The van der Waals surface area contributed by atoms with E-state index in [-0.39, 0.29) is 42.1 Å². The van der Waals surface area contributed by atoms with Gasteiger partial charge in [0.1, 0.15) is 0 Å². The van der Waals surface area contributed by atoms with Gasteiger partial charge < -0.3 is 4.55 Å². The van der Waals surface area contributed by atoms with E-state index in [1.165, 1.54) is 116 Å². The first kappa shape index (κ1) is 36.8. The maximum atomic E-state index is 10.8. The van der Waals surface area contributed by atoms with Crippen LogP contribution >= 0.6 is 0 Å². The summed E-state index contributed by atoms with van der Waals surface area (Å²) in [5.74, 6) is 0.0201. The van der Waals surface area contributed by atoms with E-state index < -0.39 is 10.4 Å². The van der Waals surface area contributed by atoms with Crippen LogP contribution in [-0.2, 0) is 14.6 Å². The molecule has 0 radical (unpaired) electrons. The van der Waals surface area contributed by atoms with Gasteiger partial charge in [0.25, 0.3) is 0 Å². The van der Waals surface area contributed by atoms with Crippen molar-refractivity contribution in [3.63, 3.8) is 0 Å². The van der Waals surface area contributed by atoms with E-state index >= 15 is 0 Å². The second kappa shape index (κ2) is 28.2. The molecule has 34 heavy (non-hydrogen) atoms. The average molecular weight is 511 g/mol. The number of unbranched alkanes of at least 4 members (excludes halogenated alkanes) is 19. The quantitative estimate of drug-likeness (QED) is 0.0453. The molecule has 0 aromatic heterocycles. The van der Waals surface area contributed by atoms with Crippen molar-refractivity contribution in [2.75, 3.05) is 6.61 Å². The molecule has 0 heterocycles. The van der Waals surface area contributed by atoms with Crippen molar-refractivity contribution in [2.24, 2.45) is 5.92 Å². The van der Waals surface area contributed by atoms with Crippen LogP contribution in [0.15, 0.2) is 12.2 Å². The average Bonchev–Trinajstić information content (AvgIpc) is 2.78. The van der Waals surface area contributed by atoms with Gasteiger partial charge in [0.15, 0.2) is 0 Å². The van der Waals surface area contributed by atoms with Gasteiger partial charge >= 0.3 is 29.6 Å². The predicted molar refractivity (Wildman–Crippen MR) is 141 cm³/mol. The Morgan fingerprint density at radius 2 is 1.03 bits per heavy atom. The van der Waals surface area contributed by atoms with Crippen LogP contribution in [0.25, 0.3) is 0 Å². The van der Waals surface area contributed by atoms with Gasteiger partial charge in [-0.05, 0) is 19.3 Å². The van der Waals surface area contributed by atoms with Crippen molar-refractivity contribution in [3.8, 4) is 0 Å². The zero-order valence-corrected chi connectivity index (χ0v) is 25.9. The summed E-state index contributed by atoms with van der Waals surface area (Å²) in [4.78, 5) is 0. The second-order valence-corrected chi connectivity index (χ2v) is 10.9. The number of hydrogen-bond donors (Lipinski definition) is 0. The minimum absolute atomic E-state index is 0. The van der Waals surface area contributed by atoms with Gasteiger partial charge in [-0.25, -0.2) is 8.42 Å². The van der Waals surface area contributed by atoms with Gasteiger partial charge in [0, 0.05) is 5.92 Å². The van der Waals surface area contributed by atoms with Crippen molar-refractivity contribution < 1.29 is 46.7 Å². The Bertz CT molecular complexity index is 522. The summed E-state index contributed by atoms with van der Waals surface area (Å²) in [5.41, 5.74) is 0. The van der Waals surface area contributed by atoms with Crippen LogP contribution in [0.5, 0.6) is 0 Å². The first-order valence-corrected chi connectivity index (χ1v) is 15.6. The minimum atomic E-state index is -4.60. The third-order valence-corrected chi connectivity index (χ3v) is 6.91. The van der Waals surface area contributed by atoms with Crippen LogP contribution in [0, 0.1) is 5.92 Å². The molecule has 0 saturated heterocycles. The molecule has 0 aromatic rings. The first-order valence-electron chi connectivity index (χ1n) is 14.3. The van der Waals surface area contributed by atoms with Crippen molar-refractivity contribution in [1.82, 2.24) is 0 Å². The van der Waals surface area contributed by atoms with Crippen LogP contribution in [0.2, 0.25) is 0 Å². The standard InChI is InChI=1S/C28H56O4S.Na/c1-3-5-7-9-10-11-12-13-14-15-16-17-18-19-20-22-24-26-28(27-32-33(29,30)31)25-23-21-8-6-4-2;/h24,26,28H,3-23,25,27H2,1-2H3,(H,29,30,31);/q;+1/p-1/b26-24+;. The first-order chi connectivity index (χ1) is 16.0. The Balaban J connectivity index is 0. The van der Waals surface area contributed by atoms with Crippen molar-refractivity contribution in [2.45, 2.75) is 155 Å². The molecule has 0 N–H and O–H groups in total. The fourth-order valence-electron chi connectivity index (χ4n) is 4.34. The van der Waals surface area contributed by atoms with Crippen LogP contribution < -0.4 is 29.6 Å². The molecule has 4 nitrogen and oxygen atoms in total. The van der Waals surface area contributed by atoms with Crippen molar-refractivity contribution in [1.29, 1.82) is 0 Å². The molecule has 198 valence electrons. The molecule has 0 bridgehead atoms. The van der Waals surface area contributed by atoms with Gasteiger partial charge in [-0.2, -0.15) is 0 Å². The molecule has 0 fully saturated rings. The maximum Gasteiger partial charge on any atom is 1.00 e. The van der Waals surface area contributed by atoms with E-state index in [0.717, 1.165) is 25.7 Å². The van der Waals surface area contributed by atoms with Gasteiger partial charge in [-0.1, -0.05) is 148 Å². The van der Waals surface area contributed by atoms with Crippen LogP contribution in [0.1, 0.15) is 155 Å². The molecule has 0 aliphatic carbocycles. The summed E-state index contributed by atoms with van der Waals surface area (Å²) in [6.07, 6.45) is 32.5. The fraction of sp³-hybridized carbons (Fsp3) is 0.929. The Hall–Kier alpha value is 0.610. The molecule has 0 aliphatic rings. The normalized spacial score (nSPS) is 12.8. The molecular weight excluding hydrogens is 455 g/mol. The minimum Gasteiger partial charge on any atom is -0.726 e. The number of hydrogen-bond acceptors (Lipinski definition) is 4. The molecule has 0 rings (SSSR count). The molecule has 0 saturated carbocycles. The molecule has 0 aromatic carbocycles. The van der Waals surface area contributed by atoms with Crippen molar-refractivity contribution >= 4 is 10.4 Å². The molecule has 1 unspecified atom stereocenters. The predicted octanol–water partition coefficient (Wildman–Crippen LogP) is 6.26. The monoisotopic (exact) mass is 510 g/mol. The summed E-state index contributed by atoms with van der Waals surface area (Å²) in [6, 6.07) is 0. The fourth-order valence-corrected chi connectivity index (χ4v) is 4.68. The second-order valence-electron chi connectivity index (χ2n) is 9.82. The third kappa shape index (κ3) is 30.6. The summed E-state index contributed by atoms with van der Waals surface area (Å²) >= 11 is 0. The summed E-state index contributed by atoms with van der Waals surface area (Å²) in [7, 11) is -4.60. The Morgan fingerprint density at radius 1 is 0.647 bits per heavy atom. The molecule has 1 atom stereocenters. The zero-order chi connectivity index (χ0) is 24.5. The Labute approximate surface area is 235 Å². The van der Waals surface area contributed by atoms with Crippen molar-refractivity contribution in [3.05, 3.63) is 12.2 Å². The Morgan fingerprint density at radius 3 is 1.44 bits per heavy atom. The molecule has 6 heteroatoms. The maximum absolute atomic E-state index is 10.8. The van der Waals surface area contributed by atoms with Gasteiger partial charge in [-0.3, -0.25) is 4.18 Å². The van der Waals surface area contributed by atoms with Gasteiger partial charge in [0.05, 0.1) is 6.61 Å². The zero-order valence-electron chi connectivity index (χ0n) is 23.0.